The Bertz CT molecular complexity index is 430. The highest BCUT2D eigenvalue weighted by atomic mass is 16.1. The maximum absolute atomic E-state index is 11.4. The molecule has 0 fully saturated rings. The number of carbonyl (C=O) groups is 1. The van der Waals surface area contributed by atoms with Crippen LogP contribution in [0.5, 0.6) is 0 Å². The van der Waals surface area contributed by atoms with E-state index in [9.17, 15) is 4.79 Å². The Kier molecular flexibility index (Phi) is 3.68. The molecule has 6 nitrogen and oxygen atoms in total. The lowest BCUT2D eigenvalue weighted by molar-refractivity contribution is -0.124. The fourth-order valence-corrected chi connectivity index (χ4v) is 2.17. The van der Waals surface area contributed by atoms with Crippen molar-refractivity contribution in [2.24, 2.45) is 5.73 Å². The third-order valence-corrected chi connectivity index (χ3v) is 3.85. The standard InChI is InChI=1S/C12H21N5O/c1-12(14-2,11(13)18)3-5-16-7-8-17-6-4-15-10(17)9-16/h4,6,14H,3,5,7-9H2,1-2H3,(H2,13,18). The Morgan fingerprint density at radius 1 is 1.61 bits per heavy atom. The molecule has 0 saturated heterocycles. The second kappa shape index (κ2) is 5.07. The third kappa shape index (κ3) is 2.54. The van der Waals surface area contributed by atoms with Gasteiger partial charge in [-0.05, 0) is 20.4 Å². The van der Waals surface area contributed by atoms with Crippen LogP contribution in [-0.2, 0) is 17.9 Å². The Labute approximate surface area is 107 Å². The maximum Gasteiger partial charge on any atom is 0.237 e. The molecule has 6 heteroatoms. The van der Waals surface area contributed by atoms with Crippen molar-refractivity contribution in [3.05, 3.63) is 18.2 Å². The van der Waals surface area contributed by atoms with Gasteiger partial charge in [-0.2, -0.15) is 0 Å². The van der Waals surface area contributed by atoms with Crippen molar-refractivity contribution in [2.45, 2.75) is 32.0 Å². The van der Waals surface area contributed by atoms with Crippen LogP contribution in [0, 0.1) is 0 Å². The number of nitrogens with one attached hydrogen (secondary N) is 1. The van der Waals surface area contributed by atoms with Crippen LogP contribution in [0.15, 0.2) is 12.4 Å². The zero-order chi connectivity index (χ0) is 13.2. The van der Waals surface area contributed by atoms with Crippen molar-refractivity contribution in [1.29, 1.82) is 0 Å². The summed E-state index contributed by atoms with van der Waals surface area (Å²) in [7, 11) is 1.77. The van der Waals surface area contributed by atoms with E-state index in [0.717, 1.165) is 32.0 Å². The van der Waals surface area contributed by atoms with Gasteiger partial charge in [-0.15, -0.1) is 0 Å². The number of hydrogen-bond acceptors (Lipinski definition) is 4. The minimum absolute atomic E-state index is 0.302. The summed E-state index contributed by atoms with van der Waals surface area (Å²) in [6.07, 6.45) is 4.55. The number of fused-ring (bicyclic) bond motifs is 1. The molecule has 0 saturated carbocycles. The van der Waals surface area contributed by atoms with Crippen molar-refractivity contribution in [1.82, 2.24) is 19.8 Å². The Hall–Kier alpha value is -1.40. The lowest BCUT2D eigenvalue weighted by atomic mass is 9.97. The maximum atomic E-state index is 11.4. The number of amides is 1. The average Bonchev–Trinajstić information content (AvgIpc) is 2.82. The first-order valence-corrected chi connectivity index (χ1v) is 6.26. The normalized spacial score (nSPS) is 19.2. The molecule has 1 amide bonds. The van der Waals surface area contributed by atoms with Gasteiger partial charge in [-0.1, -0.05) is 0 Å². The highest BCUT2D eigenvalue weighted by Crippen LogP contribution is 2.14. The van der Waals surface area contributed by atoms with Gasteiger partial charge in [-0.25, -0.2) is 4.98 Å². The Morgan fingerprint density at radius 3 is 3.06 bits per heavy atom. The van der Waals surface area contributed by atoms with Gasteiger partial charge in [0, 0.05) is 32.0 Å². The van der Waals surface area contributed by atoms with Crippen LogP contribution >= 0.6 is 0 Å². The molecular formula is C12H21N5O. The largest absolute Gasteiger partial charge is 0.368 e. The molecular weight excluding hydrogens is 230 g/mol. The number of primary amides is 1. The van der Waals surface area contributed by atoms with Crippen LogP contribution in [0.1, 0.15) is 19.2 Å². The number of aromatic nitrogens is 2. The van der Waals surface area contributed by atoms with Crippen molar-refractivity contribution >= 4 is 5.91 Å². The molecule has 1 aromatic rings. The van der Waals surface area contributed by atoms with Gasteiger partial charge in [0.25, 0.3) is 0 Å². The van der Waals surface area contributed by atoms with Crippen LogP contribution in [0.25, 0.3) is 0 Å². The SMILES string of the molecule is CNC(C)(CCN1CCn2ccnc2C1)C(N)=O. The molecule has 1 atom stereocenters. The topological polar surface area (TPSA) is 76.2 Å². The summed E-state index contributed by atoms with van der Waals surface area (Å²) < 4.78 is 2.17. The van der Waals surface area contributed by atoms with E-state index in [1.807, 2.05) is 19.3 Å². The first kappa shape index (κ1) is 13.0. The van der Waals surface area contributed by atoms with Gasteiger partial charge in [0.15, 0.2) is 0 Å². The van der Waals surface area contributed by atoms with E-state index >= 15 is 0 Å². The quantitative estimate of drug-likeness (QED) is 0.743. The van der Waals surface area contributed by atoms with Crippen LogP contribution in [0.2, 0.25) is 0 Å². The Morgan fingerprint density at radius 2 is 2.39 bits per heavy atom. The fraction of sp³-hybridized carbons (Fsp3) is 0.667. The zero-order valence-electron chi connectivity index (χ0n) is 11.0. The molecule has 1 aromatic heterocycles. The highest BCUT2D eigenvalue weighted by molar-refractivity contribution is 5.84. The number of carbonyl (C=O) groups excluding carboxylic acids is 1. The molecule has 0 bridgehead atoms. The predicted molar refractivity (Wildman–Crippen MR) is 68.8 cm³/mol. The van der Waals surface area contributed by atoms with E-state index in [1.54, 1.807) is 7.05 Å². The van der Waals surface area contributed by atoms with Crippen LogP contribution in [0.4, 0.5) is 0 Å². The molecule has 100 valence electrons. The number of rotatable bonds is 5. The van der Waals surface area contributed by atoms with Crippen LogP contribution < -0.4 is 11.1 Å². The van der Waals surface area contributed by atoms with E-state index in [1.165, 1.54) is 0 Å². The Balaban J connectivity index is 1.91. The minimum atomic E-state index is -0.632. The monoisotopic (exact) mass is 251 g/mol. The number of imidazole rings is 1. The molecule has 2 heterocycles. The van der Waals surface area contributed by atoms with Crippen molar-refractivity contribution in [3.63, 3.8) is 0 Å². The van der Waals surface area contributed by atoms with E-state index in [-0.39, 0.29) is 5.91 Å². The van der Waals surface area contributed by atoms with Gasteiger partial charge in [0.2, 0.25) is 5.91 Å². The fourth-order valence-electron chi connectivity index (χ4n) is 2.17. The predicted octanol–water partition coefficient (Wildman–Crippen LogP) is -0.448. The lowest BCUT2D eigenvalue weighted by Gasteiger charge is -2.32. The molecule has 3 N–H and O–H groups in total. The molecule has 1 aliphatic rings. The van der Waals surface area contributed by atoms with Gasteiger partial charge >= 0.3 is 0 Å². The number of likely N-dealkylation sites (N-methyl/N-ethyl adjacent to an activating group) is 1. The summed E-state index contributed by atoms with van der Waals surface area (Å²) in [6, 6.07) is 0. The molecule has 0 radical (unpaired) electrons. The van der Waals surface area contributed by atoms with Crippen molar-refractivity contribution in [3.8, 4) is 0 Å². The first-order chi connectivity index (χ1) is 8.55. The van der Waals surface area contributed by atoms with Gasteiger partial charge in [0.05, 0.1) is 12.1 Å². The summed E-state index contributed by atoms with van der Waals surface area (Å²) in [5.74, 6) is 0.787. The molecule has 18 heavy (non-hydrogen) atoms. The number of nitrogens with two attached hydrogens (primary N) is 1. The van der Waals surface area contributed by atoms with Crippen LogP contribution in [0.3, 0.4) is 0 Å². The number of hydrogen-bond donors (Lipinski definition) is 2. The molecule has 2 rings (SSSR count). The molecule has 0 aromatic carbocycles. The molecule has 1 aliphatic heterocycles. The van der Waals surface area contributed by atoms with Gasteiger partial charge in [-0.3, -0.25) is 9.69 Å². The smallest absolute Gasteiger partial charge is 0.237 e. The summed E-state index contributed by atoms with van der Waals surface area (Å²) in [6.45, 7) is 5.48. The second-order valence-corrected chi connectivity index (χ2v) is 5.01. The van der Waals surface area contributed by atoms with Crippen molar-refractivity contribution < 1.29 is 4.79 Å². The molecule has 0 aliphatic carbocycles. The second-order valence-electron chi connectivity index (χ2n) is 5.01. The first-order valence-electron chi connectivity index (χ1n) is 6.26. The summed E-state index contributed by atoms with van der Waals surface area (Å²) >= 11 is 0. The lowest BCUT2D eigenvalue weighted by Crippen LogP contribution is -2.53. The average molecular weight is 251 g/mol. The van der Waals surface area contributed by atoms with Gasteiger partial charge < -0.3 is 15.6 Å². The summed E-state index contributed by atoms with van der Waals surface area (Å²) in [4.78, 5) is 18.0. The van der Waals surface area contributed by atoms with Crippen molar-refractivity contribution in [2.75, 3.05) is 20.1 Å². The minimum Gasteiger partial charge on any atom is -0.368 e. The molecule has 1 unspecified atom stereocenters. The summed E-state index contributed by atoms with van der Waals surface area (Å²) in [5, 5.41) is 3.01. The van der Waals surface area contributed by atoms with Gasteiger partial charge in [0.1, 0.15) is 5.82 Å². The summed E-state index contributed by atoms with van der Waals surface area (Å²) in [5.41, 5.74) is 4.79. The van der Waals surface area contributed by atoms with E-state index < -0.39 is 5.54 Å². The third-order valence-electron chi connectivity index (χ3n) is 3.85. The van der Waals surface area contributed by atoms with E-state index in [4.69, 9.17) is 5.73 Å². The highest BCUT2D eigenvalue weighted by Gasteiger charge is 2.29. The van der Waals surface area contributed by atoms with E-state index in [2.05, 4.69) is 19.8 Å². The zero-order valence-corrected chi connectivity index (χ0v) is 11.0. The number of nitrogens with zero attached hydrogens (tertiary/aromatic N) is 3. The van der Waals surface area contributed by atoms with E-state index in [0.29, 0.717) is 6.42 Å². The molecule has 0 spiro atoms. The van der Waals surface area contributed by atoms with Crippen LogP contribution in [-0.4, -0.2) is 46.0 Å².